The third-order valence-corrected chi connectivity index (χ3v) is 3.41. The maximum atomic E-state index is 13.7. The Labute approximate surface area is 101 Å². The molecule has 100 valence electrons. The molecule has 1 nitrogen and oxygen atoms in total. The van der Waals surface area contributed by atoms with Crippen LogP contribution in [0, 0.1) is 29.1 Å². The molecular weight excluding hydrogens is 253 g/mol. The van der Waals surface area contributed by atoms with Crippen molar-refractivity contribution < 1.29 is 22.0 Å². The van der Waals surface area contributed by atoms with E-state index in [0.29, 0.717) is 19.4 Å². The lowest BCUT2D eigenvalue weighted by molar-refractivity contribution is 0.293. The number of benzene rings is 1. The molecule has 1 atom stereocenters. The lowest BCUT2D eigenvalue weighted by atomic mass is 9.76. The van der Waals surface area contributed by atoms with Crippen LogP contribution in [0.4, 0.5) is 22.0 Å². The normalized spacial score (nSPS) is 24.3. The number of nitrogens with one attached hydrogen (secondary N) is 1. The summed E-state index contributed by atoms with van der Waals surface area (Å²) >= 11 is 0. The molecule has 0 saturated carbocycles. The van der Waals surface area contributed by atoms with Crippen LogP contribution in [-0.4, -0.2) is 13.1 Å². The lowest BCUT2D eigenvalue weighted by Crippen LogP contribution is -2.42. The zero-order chi connectivity index (χ0) is 13.5. The fourth-order valence-corrected chi connectivity index (χ4v) is 2.40. The second-order valence-electron chi connectivity index (χ2n) is 4.79. The van der Waals surface area contributed by atoms with Gasteiger partial charge in [-0.05, 0) is 19.4 Å². The van der Waals surface area contributed by atoms with Crippen LogP contribution in [0.5, 0.6) is 0 Å². The molecule has 1 saturated heterocycles. The second kappa shape index (κ2) is 4.50. The zero-order valence-electron chi connectivity index (χ0n) is 9.72. The van der Waals surface area contributed by atoms with E-state index in [9.17, 15) is 22.0 Å². The summed E-state index contributed by atoms with van der Waals surface area (Å²) in [6, 6.07) is 0. The smallest absolute Gasteiger partial charge is 0.200 e. The predicted molar refractivity (Wildman–Crippen MR) is 55.7 cm³/mol. The first-order valence-corrected chi connectivity index (χ1v) is 5.61. The third-order valence-electron chi connectivity index (χ3n) is 3.41. The van der Waals surface area contributed by atoms with Gasteiger partial charge in [-0.15, -0.1) is 0 Å². The standard InChI is InChI=1S/C12H12F5N/c1-12(3-2-4-18-5-12)6-7(13)9(15)11(17)10(16)8(6)14/h18H,2-5H2,1H3. The van der Waals surface area contributed by atoms with Crippen molar-refractivity contribution in [3.63, 3.8) is 0 Å². The van der Waals surface area contributed by atoms with Gasteiger partial charge in [0.15, 0.2) is 23.3 Å². The Morgan fingerprint density at radius 3 is 1.83 bits per heavy atom. The van der Waals surface area contributed by atoms with Crippen LogP contribution in [-0.2, 0) is 5.41 Å². The summed E-state index contributed by atoms with van der Waals surface area (Å²) in [5.74, 6) is -9.32. The Hall–Kier alpha value is -1.17. The van der Waals surface area contributed by atoms with Gasteiger partial charge < -0.3 is 5.32 Å². The maximum Gasteiger partial charge on any atom is 0.200 e. The summed E-state index contributed by atoms with van der Waals surface area (Å²) in [4.78, 5) is 0. The van der Waals surface area contributed by atoms with Gasteiger partial charge in [0.2, 0.25) is 5.82 Å². The third kappa shape index (κ3) is 1.88. The molecule has 1 unspecified atom stereocenters. The van der Waals surface area contributed by atoms with Crippen molar-refractivity contribution in [2.75, 3.05) is 13.1 Å². The summed E-state index contributed by atoms with van der Waals surface area (Å²) in [5.41, 5.74) is -1.80. The van der Waals surface area contributed by atoms with Gasteiger partial charge in [-0.1, -0.05) is 6.92 Å². The van der Waals surface area contributed by atoms with Crippen LogP contribution in [0.2, 0.25) is 0 Å². The summed E-state index contributed by atoms with van der Waals surface area (Å²) in [5, 5.41) is 2.91. The Morgan fingerprint density at radius 2 is 1.39 bits per heavy atom. The van der Waals surface area contributed by atoms with Gasteiger partial charge in [0, 0.05) is 17.5 Å². The summed E-state index contributed by atoms with van der Waals surface area (Å²) in [7, 11) is 0. The minimum Gasteiger partial charge on any atom is -0.316 e. The van der Waals surface area contributed by atoms with Crippen molar-refractivity contribution in [3.05, 3.63) is 34.6 Å². The molecule has 0 bridgehead atoms. The van der Waals surface area contributed by atoms with E-state index in [1.54, 1.807) is 0 Å². The van der Waals surface area contributed by atoms with Gasteiger partial charge in [-0.3, -0.25) is 0 Å². The second-order valence-corrected chi connectivity index (χ2v) is 4.79. The van der Waals surface area contributed by atoms with E-state index >= 15 is 0 Å². The number of hydrogen-bond donors (Lipinski definition) is 1. The predicted octanol–water partition coefficient (Wildman–Crippen LogP) is 3.02. The van der Waals surface area contributed by atoms with E-state index in [-0.39, 0.29) is 6.54 Å². The molecule has 0 radical (unpaired) electrons. The monoisotopic (exact) mass is 265 g/mol. The van der Waals surface area contributed by atoms with Crippen molar-refractivity contribution in [3.8, 4) is 0 Å². The van der Waals surface area contributed by atoms with Crippen LogP contribution in [0.15, 0.2) is 0 Å². The van der Waals surface area contributed by atoms with Crippen LogP contribution in [0.1, 0.15) is 25.3 Å². The molecule has 1 aromatic carbocycles. The summed E-state index contributed by atoms with van der Waals surface area (Å²) in [6.45, 7) is 2.35. The van der Waals surface area contributed by atoms with E-state index in [1.807, 2.05) is 0 Å². The van der Waals surface area contributed by atoms with Crippen LogP contribution < -0.4 is 5.32 Å². The van der Waals surface area contributed by atoms with Crippen LogP contribution in [0.25, 0.3) is 0 Å². The fourth-order valence-electron chi connectivity index (χ4n) is 2.40. The summed E-state index contributed by atoms with van der Waals surface area (Å²) in [6.07, 6.45) is 0.994. The molecule has 0 aliphatic carbocycles. The van der Waals surface area contributed by atoms with E-state index in [2.05, 4.69) is 5.32 Å². The first kappa shape index (κ1) is 13.3. The first-order chi connectivity index (χ1) is 8.38. The first-order valence-electron chi connectivity index (χ1n) is 5.61. The van der Waals surface area contributed by atoms with Gasteiger partial charge in [-0.25, -0.2) is 22.0 Å². The van der Waals surface area contributed by atoms with Gasteiger partial charge >= 0.3 is 0 Å². The average Bonchev–Trinajstić information content (AvgIpc) is 2.35. The Kier molecular flexibility index (Phi) is 3.31. The Balaban J connectivity index is 2.63. The van der Waals surface area contributed by atoms with Gasteiger partial charge in [0.25, 0.3) is 0 Å². The molecule has 1 N–H and O–H groups in total. The SMILES string of the molecule is CC1(c2c(F)c(F)c(F)c(F)c2F)CCCNC1. The number of rotatable bonds is 1. The fraction of sp³-hybridized carbons (Fsp3) is 0.500. The highest BCUT2D eigenvalue weighted by atomic mass is 19.2. The van der Waals surface area contributed by atoms with Crippen LogP contribution >= 0.6 is 0 Å². The minimum atomic E-state index is -2.11. The minimum absolute atomic E-state index is 0.186. The van der Waals surface area contributed by atoms with Gasteiger partial charge in [-0.2, -0.15) is 0 Å². The van der Waals surface area contributed by atoms with Crippen molar-refractivity contribution in [1.82, 2.24) is 5.32 Å². The van der Waals surface area contributed by atoms with Crippen LogP contribution in [0.3, 0.4) is 0 Å². The van der Waals surface area contributed by atoms with E-state index in [1.165, 1.54) is 6.92 Å². The molecule has 0 amide bonds. The molecule has 1 fully saturated rings. The Morgan fingerprint density at radius 1 is 0.889 bits per heavy atom. The molecule has 0 aromatic heterocycles. The molecular formula is C12H12F5N. The average molecular weight is 265 g/mol. The largest absolute Gasteiger partial charge is 0.316 e. The molecule has 1 aromatic rings. The van der Waals surface area contributed by atoms with E-state index in [4.69, 9.17) is 0 Å². The quantitative estimate of drug-likeness (QED) is 0.467. The number of hydrogen-bond acceptors (Lipinski definition) is 1. The molecule has 2 rings (SSSR count). The van der Waals surface area contributed by atoms with Crippen molar-refractivity contribution >= 4 is 0 Å². The number of piperidine rings is 1. The highest BCUT2D eigenvalue weighted by Crippen LogP contribution is 2.36. The van der Waals surface area contributed by atoms with E-state index < -0.39 is 40.1 Å². The van der Waals surface area contributed by atoms with Gasteiger partial charge in [0.1, 0.15) is 0 Å². The summed E-state index contributed by atoms with van der Waals surface area (Å²) < 4.78 is 66.6. The maximum absolute atomic E-state index is 13.7. The highest BCUT2D eigenvalue weighted by Gasteiger charge is 2.38. The van der Waals surface area contributed by atoms with Crippen molar-refractivity contribution in [2.45, 2.75) is 25.2 Å². The molecule has 6 heteroatoms. The molecule has 18 heavy (non-hydrogen) atoms. The molecule has 1 heterocycles. The molecule has 0 spiro atoms. The topological polar surface area (TPSA) is 12.0 Å². The van der Waals surface area contributed by atoms with Crippen molar-refractivity contribution in [1.29, 1.82) is 0 Å². The number of halogens is 5. The van der Waals surface area contributed by atoms with Gasteiger partial charge in [0.05, 0.1) is 0 Å². The van der Waals surface area contributed by atoms with E-state index in [0.717, 1.165) is 0 Å². The molecule has 1 aliphatic rings. The Bertz CT molecular complexity index is 451. The molecule has 1 aliphatic heterocycles. The van der Waals surface area contributed by atoms with Crippen molar-refractivity contribution in [2.24, 2.45) is 0 Å². The highest BCUT2D eigenvalue weighted by molar-refractivity contribution is 5.32. The lowest BCUT2D eigenvalue weighted by Gasteiger charge is -2.35. The zero-order valence-corrected chi connectivity index (χ0v) is 9.72.